The lowest BCUT2D eigenvalue weighted by Gasteiger charge is -2.58. The Morgan fingerprint density at radius 3 is 2.53 bits per heavy atom. The SMILES string of the molecule is CC(C)(C)OC(=O)N1CC2(CC(n3cnc4ccc(Oc5c(F)ccc(F)c5C#N)cc4c3=O)C2)C1. The first-order valence-corrected chi connectivity index (χ1v) is 11.5. The van der Waals surface area contributed by atoms with Gasteiger partial charge in [-0.3, -0.25) is 9.36 Å². The largest absolute Gasteiger partial charge is 0.453 e. The number of amides is 1. The summed E-state index contributed by atoms with van der Waals surface area (Å²) in [5.41, 5.74) is -0.986. The topological polar surface area (TPSA) is 97.4 Å². The molecule has 0 unspecified atom stereocenters. The predicted molar refractivity (Wildman–Crippen MR) is 126 cm³/mol. The molecule has 1 saturated heterocycles. The van der Waals surface area contributed by atoms with E-state index in [1.54, 1.807) is 21.6 Å². The van der Waals surface area contributed by atoms with Gasteiger partial charge in [0, 0.05) is 24.5 Å². The number of carbonyl (C=O) groups is 1. The first kappa shape index (κ1) is 23.7. The van der Waals surface area contributed by atoms with Gasteiger partial charge >= 0.3 is 6.09 Å². The van der Waals surface area contributed by atoms with Crippen molar-refractivity contribution in [3.05, 3.63) is 64.2 Å². The highest BCUT2D eigenvalue weighted by Gasteiger charge is 2.55. The smallest absolute Gasteiger partial charge is 0.410 e. The molecule has 2 aliphatic rings. The molecule has 0 N–H and O–H groups in total. The normalized spacial score (nSPS) is 16.8. The zero-order chi connectivity index (χ0) is 25.8. The summed E-state index contributed by atoms with van der Waals surface area (Å²) in [5, 5.41) is 9.44. The number of benzene rings is 2. The summed E-state index contributed by atoms with van der Waals surface area (Å²) in [6, 6.07) is 7.70. The number of nitrogens with zero attached hydrogens (tertiary/aromatic N) is 4. The number of likely N-dealkylation sites (tertiary alicyclic amines) is 1. The maximum absolute atomic E-state index is 14.2. The van der Waals surface area contributed by atoms with Crippen LogP contribution in [0.25, 0.3) is 10.9 Å². The van der Waals surface area contributed by atoms with E-state index in [4.69, 9.17) is 9.47 Å². The van der Waals surface area contributed by atoms with Crippen LogP contribution in [0.2, 0.25) is 0 Å². The minimum atomic E-state index is -0.904. The Morgan fingerprint density at radius 2 is 1.86 bits per heavy atom. The molecule has 5 rings (SSSR count). The Bertz CT molecular complexity index is 1470. The molecule has 8 nitrogen and oxygen atoms in total. The molecular formula is C26H24F2N4O4. The summed E-state index contributed by atoms with van der Waals surface area (Å²) in [5.74, 6) is -2.25. The lowest BCUT2D eigenvalue weighted by Crippen LogP contribution is -2.64. The summed E-state index contributed by atoms with van der Waals surface area (Å²) in [6.45, 7) is 6.66. The third kappa shape index (κ3) is 4.15. The van der Waals surface area contributed by atoms with Gasteiger partial charge in [0.25, 0.3) is 5.56 Å². The van der Waals surface area contributed by atoms with Gasteiger partial charge in [-0.05, 0) is 63.9 Å². The standard InChI is InChI=1S/C26H24F2N4O4/c1-25(2,3)36-24(34)31-12-26(13-31)9-15(10-26)32-14-30-21-7-4-16(8-17(21)23(32)33)35-22-18(11-29)19(27)5-6-20(22)28/h4-8,14-15H,9-10,12-13H2,1-3H3. The van der Waals surface area contributed by atoms with Gasteiger partial charge < -0.3 is 14.4 Å². The first-order chi connectivity index (χ1) is 17.0. The lowest BCUT2D eigenvalue weighted by molar-refractivity contribution is -0.0913. The number of aromatic nitrogens is 2. The maximum atomic E-state index is 14.2. The average Bonchev–Trinajstić information content (AvgIpc) is 2.75. The van der Waals surface area contributed by atoms with Gasteiger partial charge in [0.05, 0.1) is 17.2 Å². The molecule has 1 saturated carbocycles. The molecular weight excluding hydrogens is 470 g/mol. The molecule has 2 aromatic carbocycles. The zero-order valence-corrected chi connectivity index (χ0v) is 20.0. The van der Waals surface area contributed by atoms with Crippen LogP contribution in [0.15, 0.2) is 41.5 Å². The molecule has 36 heavy (non-hydrogen) atoms. The van der Waals surface area contributed by atoms with E-state index in [1.807, 2.05) is 20.8 Å². The van der Waals surface area contributed by atoms with Crippen molar-refractivity contribution < 1.29 is 23.0 Å². The molecule has 3 aromatic rings. The number of hydrogen-bond acceptors (Lipinski definition) is 6. The lowest BCUT2D eigenvalue weighted by atomic mass is 9.60. The van der Waals surface area contributed by atoms with E-state index in [9.17, 15) is 23.6 Å². The Balaban J connectivity index is 1.33. The molecule has 0 bridgehead atoms. The number of hydrogen-bond donors (Lipinski definition) is 0. The van der Waals surface area contributed by atoms with Crippen LogP contribution in [0.1, 0.15) is 45.2 Å². The number of halogens is 2. The summed E-state index contributed by atoms with van der Waals surface area (Å²) in [4.78, 5) is 31.5. The maximum Gasteiger partial charge on any atom is 0.410 e. The molecule has 0 atom stereocenters. The molecule has 1 aliphatic heterocycles. The molecule has 1 aliphatic carbocycles. The average molecular weight is 494 g/mol. The number of fused-ring (bicyclic) bond motifs is 1. The van der Waals surface area contributed by atoms with E-state index in [1.165, 1.54) is 18.5 Å². The molecule has 2 heterocycles. The van der Waals surface area contributed by atoms with E-state index in [-0.39, 0.29) is 34.2 Å². The number of nitriles is 1. The first-order valence-electron chi connectivity index (χ1n) is 11.5. The van der Waals surface area contributed by atoms with Crippen LogP contribution >= 0.6 is 0 Å². The Labute approximate surface area is 205 Å². The van der Waals surface area contributed by atoms with Gasteiger partial charge in [-0.1, -0.05) is 0 Å². The van der Waals surface area contributed by atoms with Gasteiger partial charge in [0.2, 0.25) is 0 Å². The second-order valence-electron chi connectivity index (χ2n) is 10.5. The van der Waals surface area contributed by atoms with Crippen molar-refractivity contribution in [1.82, 2.24) is 14.5 Å². The van der Waals surface area contributed by atoms with E-state index >= 15 is 0 Å². The number of ether oxygens (including phenoxy) is 2. The van der Waals surface area contributed by atoms with E-state index in [0.29, 0.717) is 18.6 Å². The van der Waals surface area contributed by atoms with Crippen LogP contribution < -0.4 is 10.3 Å². The third-order valence-corrected chi connectivity index (χ3v) is 6.58. The van der Waals surface area contributed by atoms with Crippen molar-refractivity contribution in [1.29, 1.82) is 5.26 Å². The van der Waals surface area contributed by atoms with Crippen molar-refractivity contribution >= 4 is 17.0 Å². The minimum Gasteiger partial charge on any atom is -0.453 e. The molecule has 10 heteroatoms. The fourth-order valence-corrected chi connectivity index (χ4v) is 4.91. The quantitative estimate of drug-likeness (QED) is 0.513. The van der Waals surface area contributed by atoms with Crippen molar-refractivity contribution in [3.63, 3.8) is 0 Å². The summed E-state index contributed by atoms with van der Waals surface area (Å²) in [7, 11) is 0. The highest BCUT2D eigenvalue weighted by molar-refractivity contribution is 5.79. The van der Waals surface area contributed by atoms with E-state index < -0.39 is 28.5 Å². The van der Waals surface area contributed by atoms with Crippen LogP contribution in [0.5, 0.6) is 11.5 Å². The van der Waals surface area contributed by atoms with Crippen LogP contribution in [0.4, 0.5) is 13.6 Å². The van der Waals surface area contributed by atoms with Gasteiger partial charge in [0.1, 0.15) is 28.8 Å². The molecule has 186 valence electrons. The van der Waals surface area contributed by atoms with Crippen LogP contribution in [0, 0.1) is 28.4 Å². The minimum absolute atomic E-state index is 0.0243. The molecule has 1 aromatic heterocycles. The highest BCUT2D eigenvalue weighted by Crippen LogP contribution is 2.54. The second-order valence-corrected chi connectivity index (χ2v) is 10.5. The van der Waals surface area contributed by atoms with Gasteiger partial charge in [-0.2, -0.15) is 5.26 Å². The monoisotopic (exact) mass is 494 g/mol. The van der Waals surface area contributed by atoms with E-state index in [0.717, 1.165) is 25.0 Å². The summed E-state index contributed by atoms with van der Waals surface area (Å²) < 4.78 is 40.6. The fraction of sp³-hybridized carbons (Fsp3) is 0.385. The van der Waals surface area contributed by atoms with Crippen molar-refractivity contribution in [3.8, 4) is 17.6 Å². The fourth-order valence-electron chi connectivity index (χ4n) is 4.91. The molecule has 1 spiro atoms. The predicted octanol–water partition coefficient (Wildman–Crippen LogP) is 4.91. The van der Waals surface area contributed by atoms with Gasteiger partial charge in [0.15, 0.2) is 11.6 Å². The highest BCUT2D eigenvalue weighted by atomic mass is 19.1. The second kappa shape index (κ2) is 8.29. The summed E-state index contributed by atoms with van der Waals surface area (Å²) >= 11 is 0. The zero-order valence-electron chi connectivity index (χ0n) is 20.0. The molecule has 1 amide bonds. The van der Waals surface area contributed by atoms with Crippen LogP contribution in [-0.2, 0) is 4.74 Å². The van der Waals surface area contributed by atoms with Gasteiger partial charge in [-0.25, -0.2) is 18.6 Å². The van der Waals surface area contributed by atoms with Crippen LogP contribution in [0.3, 0.4) is 0 Å². The van der Waals surface area contributed by atoms with Gasteiger partial charge in [-0.15, -0.1) is 0 Å². The Hall–Kier alpha value is -4.00. The van der Waals surface area contributed by atoms with Crippen molar-refractivity contribution in [2.75, 3.05) is 13.1 Å². The summed E-state index contributed by atoms with van der Waals surface area (Å²) in [6.07, 6.45) is 2.64. The van der Waals surface area contributed by atoms with E-state index in [2.05, 4.69) is 4.98 Å². The molecule has 2 fully saturated rings. The Morgan fingerprint density at radius 1 is 1.17 bits per heavy atom. The Kier molecular flexibility index (Phi) is 5.47. The van der Waals surface area contributed by atoms with Crippen molar-refractivity contribution in [2.24, 2.45) is 5.41 Å². The van der Waals surface area contributed by atoms with Crippen LogP contribution in [-0.4, -0.2) is 39.2 Å². The van der Waals surface area contributed by atoms with Crippen molar-refractivity contribution in [2.45, 2.75) is 45.3 Å². The number of rotatable bonds is 3. The third-order valence-electron chi connectivity index (χ3n) is 6.58. The molecule has 0 radical (unpaired) electrons. The number of carbonyl (C=O) groups excluding carboxylic acids is 1.